The first kappa shape index (κ1) is 15.3. The summed E-state index contributed by atoms with van der Waals surface area (Å²) in [5.41, 5.74) is -0.0134. The van der Waals surface area contributed by atoms with Crippen LogP contribution in [0.15, 0.2) is 18.2 Å². The maximum atomic E-state index is 13.0. The van der Waals surface area contributed by atoms with Crippen LogP contribution in [-0.2, 0) is 0 Å². The van der Waals surface area contributed by atoms with Gasteiger partial charge in [0.25, 0.3) is 0 Å². The Morgan fingerprint density at radius 2 is 2.25 bits per heavy atom. The predicted molar refractivity (Wildman–Crippen MR) is 77.1 cm³/mol. The highest BCUT2D eigenvalue weighted by Crippen LogP contribution is 2.32. The number of halogens is 1. The molecule has 0 aliphatic heterocycles. The van der Waals surface area contributed by atoms with E-state index in [1.165, 1.54) is 12.5 Å². The Labute approximate surface area is 119 Å². The molecule has 0 radical (unpaired) electrons. The molecule has 3 N–H and O–H groups in total. The van der Waals surface area contributed by atoms with Gasteiger partial charge in [-0.25, -0.2) is 4.39 Å². The summed E-state index contributed by atoms with van der Waals surface area (Å²) < 4.78 is 13.0. The summed E-state index contributed by atoms with van der Waals surface area (Å²) in [6.07, 6.45) is 3.85. The average molecular weight is 281 g/mol. The van der Waals surface area contributed by atoms with Crippen LogP contribution in [0.4, 0.5) is 4.39 Å². The van der Waals surface area contributed by atoms with Gasteiger partial charge in [0.1, 0.15) is 11.6 Å². The summed E-state index contributed by atoms with van der Waals surface area (Å²) in [6.45, 7) is 4.57. The molecule has 3 nitrogen and oxygen atoms in total. The first-order valence-electron chi connectivity index (χ1n) is 7.34. The van der Waals surface area contributed by atoms with E-state index in [2.05, 4.69) is 12.2 Å². The smallest absolute Gasteiger partial charge is 0.126 e. The summed E-state index contributed by atoms with van der Waals surface area (Å²) in [5, 5.41) is 23.6. The summed E-state index contributed by atoms with van der Waals surface area (Å²) >= 11 is 0. The number of nitrogens with one attached hydrogen (secondary N) is 1. The van der Waals surface area contributed by atoms with Crippen molar-refractivity contribution in [3.63, 3.8) is 0 Å². The second-order valence-corrected chi connectivity index (χ2v) is 6.23. The largest absolute Gasteiger partial charge is 0.508 e. The van der Waals surface area contributed by atoms with E-state index in [-0.39, 0.29) is 11.8 Å². The average Bonchev–Trinajstić information content (AvgIpc) is 2.36. The normalized spacial score (nSPS) is 28.3. The van der Waals surface area contributed by atoms with Crippen molar-refractivity contribution in [2.45, 2.75) is 51.2 Å². The first-order valence-corrected chi connectivity index (χ1v) is 7.34. The number of rotatable bonds is 4. The third-order valence-electron chi connectivity index (χ3n) is 4.26. The topological polar surface area (TPSA) is 52.5 Å². The molecule has 0 heterocycles. The molecule has 0 aromatic heterocycles. The van der Waals surface area contributed by atoms with Crippen molar-refractivity contribution in [2.75, 3.05) is 6.54 Å². The lowest BCUT2D eigenvalue weighted by Gasteiger charge is -2.36. The van der Waals surface area contributed by atoms with Gasteiger partial charge in [0.15, 0.2) is 0 Å². The molecule has 3 atom stereocenters. The van der Waals surface area contributed by atoms with Crippen molar-refractivity contribution in [2.24, 2.45) is 5.92 Å². The molecule has 1 aliphatic rings. The van der Waals surface area contributed by atoms with E-state index in [9.17, 15) is 14.6 Å². The fourth-order valence-corrected chi connectivity index (χ4v) is 3.13. The van der Waals surface area contributed by atoms with Gasteiger partial charge >= 0.3 is 0 Å². The van der Waals surface area contributed by atoms with Crippen molar-refractivity contribution in [3.8, 4) is 5.75 Å². The van der Waals surface area contributed by atoms with Crippen LogP contribution in [0.5, 0.6) is 5.75 Å². The third-order valence-corrected chi connectivity index (χ3v) is 4.26. The van der Waals surface area contributed by atoms with E-state index >= 15 is 0 Å². The van der Waals surface area contributed by atoms with Crippen LogP contribution < -0.4 is 5.32 Å². The molecule has 112 valence electrons. The summed E-state index contributed by atoms with van der Waals surface area (Å²) in [4.78, 5) is 0. The Bertz CT molecular complexity index is 466. The van der Waals surface area contributed by atoms with Gasteiger partial charge in [-0.15, -0.1) is 0 Å². The van der Waals surface area contributed by atoms with Gasteiger partial charge < -0.3 is 15.5 Å². The zero-order valence-electron chi connectivity index (χ0n) is 12.2. The van der Waals surface area contributed by atoms with Crippen molar-refractivity contribution < 1.29 is 14.6 Å². The molecular weight excluding hydrogens is 257 g/mol. The molecule has 1 aromatic carbocycles. The van der Waals surface area contributed by atoms with E-state index in [0.717, 1.165) is 25.3 Å². The zero-order chi connectivity index (χ0) is 14.8. The van der Waals surface area contributed by atoms with Crippen LogP contribution in [0.25, 0.3) is 0 Å². The molecule has 1 saturated carbocycles. The molecule has 0 saturated heterocycles. The van der Waals surface area contributed by atoms with Gasteiger partial charge in [-0.05, 0) is 31.7 Å². The van der Waals surface area contributed by atoms with Crippen LogP contribution in [-0.4, -0.2) is 22.4 Å². The SMILES string of the molecule is CC1CCCC(O)(CNC(C)c2ccc(F)cc2O)C1. The first-order chi connectivity index (χ1) is 9.39. The van der Waals surface area contributed by atoms with Gasteiger partial charge in [-0.3, -0.25) is 0 Å². The van der Waals surface area contributed by atoms with Gasteiger partial charge in [0.05, 0.1) is 5.60 Å². The molecule has 2 rings (SSSR count). The van der Waals surface area contributed by atoms with Gasteiger partial charge in [-0.2, -0.15) is 0 Å². The number of phenols is 1. The molecule has 1 aromatic rings. The maximum Gasteiger partial charge on any atom is 0.126 e. The number of hydrogen-bond donors (Lipinski definition) is 3. The summed E-state index contributed by atoms with van der Waals surface area (Å²) in [5.74, 6) is 0.0530. The highest BCUT2D eigenvalue weighted by Gasteiger charge is 2.32. The van der Waals surface area contributed by atoms with Crippen molar-refractivity contribution in [1.29, 1.82) is 0 Å². The third kappa shape index (κ3) is 3.70. The fraction of sp³-hybridized carbons (Fsp3) is 0.625. The summed E-state index contributed by atoms with van der Waals surface area (Å²) in [6, 6.07) is 3.91. The minimum Gasteiger partial charge on any atom is -0.508 e. The molecule has 0 amide bonds. The minimum atomic E-state index is -0.665. The number of benzene rings is 1. The Kier molecular flexibility index (Phi) is 4.66. The highest BCUT2D eigenvalue weighted by molar-refractivity contribution is 5.34. The Balaban J connectivity index is 1.96. The van der Waals surface area contributed by atoms with E-state index in [4.69, 9.17) is 0 Å². The second kappa shape index (κ2) is 6.10. The van der Waals surface area contributed by atoms with Gasteiger partial charge in [0.2, 0.25) is 0 Å². The fourth-order valence-electron chi connectivity index (χ4n) is 3.13. The number of hydrogen-bond acceptors (Lipinski definition) is 3. The lowest BCUT2D eigenvalue weighted by Crippen LogP contribution is -2.44. The monoisotopic (exact) mass is 281 g/mol. The lowest BCUT2D eigenvalue weighted by molar-refractivity contribution is -0.0134. The number of aliphatic hydroxyl groups is 1. The van der Waals surface area contributed by atoms with Crippen LogP contribution in [0, 0.1) is 11.7 Å². The maximum absolute atomic E-state index is 13.0. The molecule has 1 fully saturated rings. The van der Waals surface area contributed by atoms with Crippen molar-refractivity contribution in [3.05, 3.63) is 29.6 Å². The van der Waals surface area contributed by atoms with Crippen molar-refractivity contribution in [1.82, 2.24) is 5.32 Å². The summed E-state index contributed by atoms with van der Waals surface area (Å²) in [7, 11) is 0. The Morgan fingerprint density at radius 1 is 1.50 bits per heavy atom. The number of aromatic hydroxyl groups is 1. The second-order valence-electron chi connectivity index (χ2n) is 6.23. The molecule has 0 spiro atoms. The molecular formula is C16H24FNO2. The number of phenolic OH excluding ortho intramolecular Hbond substituents is 1. The predicted octanol–water partition coefficient (Wildman–Crippen LogP) is 3.12. The zero-order valence-corrected chi connectivity index (χ0v) is 12.2. The van der Waals surface area contributed by atoms with E-state index < -0.39 is 11.4 Å². The molecule has 20 heavy (non-hydrogen) atoms. The van der Waals surface area contributed by atoms with Crippen LogP contribution in [0.3, 0.4) is 0 Å². The Hall–Kier alpha value is -1.13. The van der Waals surface area contributed by atoms with Crippen LogP contribution in [0.2, 0.25) is 0 Å². The van der Waals surface area contributed by atoms with E-state index in [0.29, 0.717) is 18.0 Å². The minimum absolute atomic E-state index is 0.0472. The quantitative estimate of drug-likeness (QED) is 0.795. The molecule has 3 unspecified atom stereocenters. The van der Waals surface area contributed by atoms with Crippen LogP contribution in [0.1, 0.15) is 51.1 Å². The van der Waals surface area contributed by atoms with Crippen molar-refractivity contribution >= 4 is 0 Å². The van der Waals surface area contributed by atoms with E-state index in [1.54, 1.807) is 6.07 Å². The molecule has 0 bridgehead atoms. The molecule has 4 heteroatoms. The van der Waals surface area contributed by atoms with Gasteiger partial charge in [0, 0.05) is 24.2 Å². The highest BCUT2D eigenvalue weighted by atomic mass is 19.1. The van der Waals surface area contributed by atoms with Gasteiger partial charge in [-0.1, -0.05) is 25.8 Å². The standard InChI is InChI=1S/C16H24FNO2/c1-11-4-3-7-16(20,9-11)10-18-12(2)14-6-5-13(17)8-15(14)19/h5-6,8,11-12,18-20H,3-4,7,9-10H2,1-2H3. The van der Waals surface area contributed by atoms with E-state index in [1.807, 2.05) is 6.92 Å². The van der Waals surface area contributed by atoms with Crippen LogP contribution >= 0.6 is 0 Å². The lowest BCUT2D eigenvalue weighted by atomic mass is 9.79. The Morgan fingerprint density at radius 3 is 2.90 bits per heavy atom. The molecule has 1 aliphatic carbocycles.